The number of piperazine rings is 1. The van der Waals surface area contributed by atoms with Crippen molar-refractivity contribution in [3.8, 4) is 11.9 Å². The molecule has 5 heterocycles. The third-order valence-electron chi connectivity index (χ3n) is 8.21. The zero-order chi connectivity index (χ0) is 27.5. The largest absolute Gasteiger partial charge is 0.478 e. The topological polar surface area (TPSA) is 126 Å². The van der Waals surface area contributed by atoms with Crippen LogP contribution in [-0.2, 0) is 22.6 Å². The molecule has 0 bridgehead atoms. The molecule has 0 spiro atoms. The molecule has 6 rings (SSSR count). The highest BCUT2D eigenvalue weighted by Crippen LogP contribution is 2.31. The van der Waals surface area contributed by atoms with Gasteiger partial charge in [-0.1, -0.05) is 6.07 Å². The molecule has 0 radical (unpaired) electrons. The highest BCUT2D eigenvalue weighted by Gasteiger charge is 2.34. The van der Waals surface area contributed by atoms with Gasteiger partial charge in [-0.05, 0) is 43.5 Å². The van der Waals surface area contributed by atoms with Gasteiger partial charge in [0.25, 0.3) is 0 Å². The third kappa shape index (κ3) is 5.61. The van der Waals surface area contributed by atoms with Gasteiger partial charge in [0.05, 0.1) is 47.3 Å². The van der Waals surface area contributed by atoms with E-state index in [1.54, 1.807) is 18.2 Å². The highest BCUT2D eigenvalue weighted by molar-refractivity contribution is 5.92. The van der Waals surface area contributed by atoms with Crippen molar-refractivity contribution in [1.29, 1.82) is 5.26 Å². The molecule has 3 aliphatic rings. The number of hydrogen-bond donors (Lipinski definition) is 1. The number of anilines is 1. The van der Waals surface area contributed by atoms with Crippen molar-refractivity contribution >= 4 is 22.8 Å². The third-order valence-corrected chi connectivity index (χ3v) is 8.21. The number of nitriles is 1. The number of aromatic carboxylic acids is 1. The summed E-state index contributed by atoms with van der Waals surface area (Å²) < 4.78 is 19.2. The van der Waals surface area contributed by atoms with E-state index in [4.69, 9.17) is 24.2 Å². The average Bonchev–Trinajstić information content (AvgIpc) is 3.30. The fourth-order valence-corrected chi connectivity index (χ4v) is 5.52. The molecule has 1 N–H and O–H groups in total. The summed E-state index contributed by atoms with van der Waals surface area (Å²) in [7, 11) is 0. The number of fused-ring (bicyclic) bond motifs is 1. The van der Waals surface area contributed by atoms with E-state index >= 15 is 0 Å². The van der Waals surface area contributed by atoms with Crippen molar-refractivity contribution < 1.29 is 24.1 Å². The standard InChI is InChI=1S/C29H34N6O5/c30-19-29(7-14-38-15-8-29)20-40-27-3-1-2-25(32-27)34-11-9-33(10-12-34)18-26-31-23-5-4-21(28(36)37)16-24(23)35(26)17-22-6-13-39-22/h1-5,16,22H,6-15,17-18,20H2,(H,36,37)/t22-/m0/s1. The lowest BCUT2D eigenvalue weighted by atomic mass is 9.83. The number of carbonyl (C=O) groups is 1. The maximum Gasteiger partial charge on any atom is 0.335 e. The normalized spacial score (nSPS) is 21.1. The smallest absolute Gasteiger partial charge is 0.335 e. The van der Waals surface area contributed by atoms with Crippen LogP contribution in [0.25, 0.3) is 11.0 Å². The van der Waals surface area contributed by atoms with E-state index in [2.05, 4.69) is 20.4 Å². The minimum atomic E-state index is -0.941. The summed E-state index contributed by atoms with van der Waals surface area (Å²) in [6.07, 6.45) is 2.48. The summed E-state index contributed by atoms with van der Waals surface area (Å²) in [5.74, 6) is 1.39. The molecular formula is C29H34N6O5. The number of ether oxygens (including phenoxy) is 3. The van der Waals surface area contributed by atoms with Gasteiger partial charge in [0.2, 0.25) is 5.88 Å². The van der Waals surface area contributed by atoms with Crippen molar-refractivity contribution in [3.63, 3.8) is 0 Å². The minimum Gasteiger partial charge on any atom is -0.478 e. The first-order chi connectivity index (χ1) is 19.5. The molecule has 0 unspecified atom stereocenters. The van der Waals surface area contributed by atoms with Crippen LogP contribution < -0.4 is 9.64 Å². The van der Waals surface area contributed by atoms with Crippen molar-refractivity contribution in [2.24, 2.45) is 5.41 Å². The van der Waals surface area contributed by atoms with Gasteiger partial charge >= 0.3 is 5.97 Å². The van der Waals surface area contributed by atoms with Gasteiger partial charge in [-0.2, -0.15) is 10.2 Å². The number of carboxylic acid groups (broad SMARTS) is 1. The fourth-order valence-electron chi connectivity index (χ4n) is 5.52. The van der Waals surface area contributed by atoms with E-state index in [-0.39, 0.29) is 11.7 Å². The van der Waals surface area contributed by atoms with Crippen molar-refractivity contribution in [1.82, 2.24) is 19.4 Å². The monoisotopic (exact) mass is 546 g/mol. The number of nitrogens with zero attached hydrogens (tertiary/aromatic N) is 6. The predicted molar refractivity (Wildman–Crippen MR) is 146 cm³/mol. The van der Waals surface area contributed by atoms with Crippen LogP contribution >= 0.6 is 0 Å². The number of pyridine rings is 1. The van der Waals surface area contributed by atoms with E-state index in [0.717, 1.165) is 61.9 Å². The summed E-state index contributed by atoms with van der Waals surface area (Å²) in [5, 5.41) is 19.2. The SMILES string of the molecule is N#CC1(COc2cccc(N3CCN(Cc4nc5ccc(C(=O)O)cc5n4C[C@@H]4CCO4)CC3)n2)CCOCC1. The Balaban J connectivity index is 1.10. The van der Waals surface area contributed by atoms with Gasteiger partial charge < -0.3 is 28.8 Å². The maximum absolute atomic E-state index is 11.6. The number of carboxylic acids is 1. The zero-order valence-electron chi connectivity index (χ0n) is 22.5. The van der Waals surface area contributed by atoms with Crippen molar-refractivity contribution in [2.45, 2.75) is 38.5 Å². The van der Waals surface area contributed by atoms with E-state index in [9.17, 15) is 15.2 Å². The molecule has 3 fully saturated rings. The second-order valence-corrected chi connectivity index (χ2v) is 10.8. The Labute approximate surface area is 232 Å². The molecule has 11 heteroatoms. The lowest BCUT2D eigenvalue weighted by molar-refractivity contribution is -0.0592. The minimum absolute atomic E-state index is 0.136. The average molecular weight is 547 g/mol. The zero-order valence-corrected chi connectivity index (χ0v) is 22.5. The Bertz CT molecular complexity index is 1400. The molecule has 1 atom stereocenters. The second-order valence-electron chi connectivity index (χ2n) is 10.8. The second kappa shape index (κ2) is 11.4. The molecule has 3 aliphatic heterocycles. The Kier molecular flexibility index (Phi) is 7.56. The number of aromatic nitrogens is 3. The number of imidazole rings is 1. The summed E-state index contributed by atoms with van der Waals surface area (Å²) in [6, 6.07) is 13.3. The van der Waals surface area contributed by atoms with Gasteiger partial charge in [0.1, 0.15) is 18.2 Å². The molecule has 11 nitrogen and oxygen atoms in total. The first kappa shape index (κ1) is 26.5. The number of benzene rings is 1. The fraction of sp³-hybridized carbons (Fsp3) is 0.517. The van der Waals surface area contributed by atoms with Gasteiger partial charge in [0.15, 0.2) is 0 Å². The van der Waals surface area contributed by atoms with Crippen molar-refractivity contribution in [2.75, 3.05) is 57.5 Å². The predicted octanol–water partition coefficient (Wildman–Crippen LogP) is 2.94. The molecule has 210 valence electrons. The Morgan fingerprint density at radius 1 is 1.12 bits per heavy atom. The van der Waals surface area contributed by atoms with E-state index in [0.29, 0.717) is 51.6 Å². The van der Waals surface area contributed by atoms with Crippen LogP contribution in [0.1, 0.15) is 35.4 Å². The van der Waals surface area contributed by atoms with E-state index in [1.165, 1.54) is 0 Å². The van der Waals surface area contributed by atoms with Crippen molar-refractivity contribution in [3.05, 3.63) is 47.8 Å². The van der Waals surface area contributed by atoms with Crippen LogP contribution in [0.3, 0.4) is 0 Å². The molecule has 3 saturated heterocycles. The quantitative estimate of drug-likeness (QED) is 0.428. The molecule has 2 aromatic heterocycles. The molecule has 0 saturated carbocycles. The molecule has 1 aromatic carbocycles. The van der Waals surface area contributed by atoms with Crippen LogP contribution in [-0.4, -0.2) is 89.2 Å². The first-order valence-electron chi connectivity index (χ1n) is 13.9. The molecule has 0 aliphatic carbocycles. The summed E-state index contributed by atoms with van der Waals surface area (Å²) in [4.78, 5) is 25.8. The van der Waals surface area contributed by atoms with Gasteiger partial charge in [-0.3, -0.25) is 4.90 Å². The van der Waals surface area contributed by atoms with Gasteiger partial charge in [-0.15, -0.1) is 0 Å². The Hall–Kier alpha value is -3.72. The van der Waals surface area contributed by atoms with Gasteiger partial charge in [-0.25, -0.2) is 9.78 Å². The maximum atomic E-state index is 11.6. The van der Waals surface area contributed by atoms with Crippen LogP contribution in [0.5, 0.6) is 5.88 Å². The lowest BCUT2D eigenvalue weighted by Crippen LogP contribution is -2.46. The summed E-state index contributed by atoms with van der Waals surface area (Å²) in [6.45, 7) is 6.91. The number of rotatable bonds is 9. The first-order valence-corrected chi connectivity index (χ1v) is 13.9. The molecular weight excluding hydrogens is 512 g/mol. The number of hydrogen-bond acceptors (Lipinski definition) is 9. The molecule has 3 aromatic rings. The van der Waals surface area contributed by atoms with E-state index in [1.807, 2.05) is 18.2 Å². The van der Waals surface area contributed by atoms with Crippen LogP contribution in [0.2, 0.25) is 0 Å². The Morgan fingerprint density at radius 2 is 1.93 bits per heavy atom. The summed E-state index contributed by atoms with van der Waals surface area (Å²) in [5.41, 5.74) is 1.39. The lowest BCUT2D eigenvalue weighted by Gasteiger charge is -2.35. The van der Waals surface area contributed by atoms with Crippen LogP contribution in [0.4, 0.5) is 5.82 Å². The molecule has 0 amide bonds. The highest BCUT2D eigenvalue weighted by atomic mass is 16.5. The Morgan fingerprint density at radius 3 is 2.62 bits per heavy atom. The van der Waals surface area contributed by atoms with Crippen LogP contribution in [0, 0.1) is 16.7 Å². The summed E-state index contributed by atoms with van der Waals surface area (Å²) >= 11 is 0. The molecule has 40 heavy (non-hydrogen) atoms. The van der Waals surface area contributed by atoms with Crippen LogP contribution in [0.15, 0.2) is 36.4 Å². The van der Waals surface area contributed by atoms with E-state index < -0.39 is 11.4 Å². The van der Waals surface area contributed by atoms with Gasteiger partial charge in [0, 0.05) is 52.1 Å².